The standard InChI is InChI=1S/C18H18ClN5O3/c19-10-3-5-11(6-4-10)20-16(26)12-9-13(25)21-15-14(12)17(27)23-18(22-15)24-7-1-2-8-24/h3-6,12H,1-2,7-9H2,(H,20,26)(H2,21,22,23,25,27)/t12-/m1/s1. The number of fused-ring (bicyclic) bond motifs is 1. The van der Waals surface area contributed by atoms with E-state index in [0.717, 1.165) is 25.9 Å². The number of amides is 2. The van der Waals surface area contributed by atoms with Crippen LogP contribution in [0.4, 0.5) is 17.5 Å². The van der Waals surface area contributed by atoms with Gasteiger partial charge in [-0.2, -0.15) is 4.98 Å². The van der Waals surface area contributed by atoms with Crippen LogP contribution in [-0.4, -0.2) is 34.9 Å². The highest BCUT2D eigenvalue weighted by atomic mass is 35.5. The van der Waals surface area contributed by atoms with Gasteiger partial charge in [-0.1, -0.05) is 11.6 Å². The summed E-state index contributed by atoms with van der Waals surface area (Å²) in [4.78, 5) is 46.7. The van der Waals surface area contributed by atoms with Gasteiger partial charge in [-0.05, 0) is 37.1 Å². The van der Waals surface area contributed by atoms with E-state index < -0.39 is 17.4 Å². The highest BCUT2D eigenvalue weighted by Crippen LogP contribution is 2.30. The van der Waals surface area contributed by atoms with E-state index in [-0.39, 0.29) is 23.7 Å². The summed E-state index contributed by atoms with van der Waals surface area (Å²) in [5.41, 5.74) is 0.317. The fourth-order valence-electron chi connectivity index (χ4n) is 3.42. The maximum atomic E-state index is 12.7. The molecule has 3 heterocycles. The molecule has 2 aliphatic rings. The van der Waals surface area contributed by atoms with Gasteiger partial charge < -0.3 is 15.5 Å². The molecule has 140 valence electrons. The van der Waals surface area contributed by atoms with Crippen molar-refractivity contribution in [3.05, 3.63) is 45.2 Å². The summed E-state index contributed by atoms with van der Waals surface area (Å²) < 4.78 is 0. The number of rotatable bonds is 3. The van der Waals surface area contributed by atoms with Gasteiger partial charge >= 0.3 is 0 Å². The van der Waals surface area contributed by atoms with E-state index in [1.54, 1.807) is 24.3 Å². The van der Waals surface area contributed by atoms with Crippen molar-refractivity contribution in [3.63, 3.8) is 0 Å². The zero-order valence-electron chi connectivity index (χ0n) is 14.4. The van der Waals surface area contributed by atoms with Crippen LogP contribution in [0.1, 0.15) is 30.7 Å². The van der Waals surface area contributed by atoms with Gasteiger partial charge in [0, 0.05) is 30.2 Å². The van der Waals surface area contributed by atoms with E-state index >= 15 is 0 Å². The van der Waals surface area contributed by atoms with Crippen LogP contribution in [0.2, 0.25) is 5.02 Å². The monoisotopic (exact) mass is 387 g/mol. The molecule has 1 saturated heterocycles. The number of anilines is 3. The summed E-state index contributed by atoms with van der Waals surface area (Å²) in [6.45, 7) is 1.60. The zero-order valence-corrected chi connectivity index (χ0v) is 15.2. The van der Waals surface area contributed by atoms with Crippen molar-refractivity contribution < 1.29 is 9.59 Å². The third kappa shape index (κ3) is 3.52. The Bertz CT molecular complexity index is 950. The molecule has 2 amide bonds. The van der Waals surface area contributed by atoms with Crippen LogP contribution in [-0.2, 0) is 9.59 Å². The second kappa shape index (κ2) is 7.03. The number of carbonyl (C=O) groups is 2. The lowest BCUT2D eigenvalue weighted by Crippen LogP contribution is -2.37. The molecule has 2 aromatic rings. The Labute approximate surface area is 159 Å². The summed E-state index contributed by atoms with van der Waals surface area (Å²) in [7, 11) is 0. The van der Waals surface area contributed by atoms with Crippen LogP contribution in [0.5, 0.6) is 0 Å². The molecule has 0 unspecified atom stereocenters. The first-order valence-electron chi connectivity index (χ1n) is 8.77. The fourth-order valence-corrected chi connectivity index (χ4v) is 3.55. The van der Waals surface area contributed by atoms with Crippen LogP contribution >= 0.6 is 11.6 Å². The van der Waals surface area contributed by atoms with E-state index in [1.807, 2.05) is 4.90 Å². The molecule has 1 aromatic carbocycles. The molecule has 0 spiro atoms. The average Bonchev–Trinajstić information content (AvgIpc) is 3.17. The smallest absolute Gasteiger partial charge is 0.258 e. The summed E-state index contributed by atoms with van der Waals surface area (Å²) in [6, 6.07) is 6.61. The highest BCUT2D eigenvalue weighted by Gasteiger charge is 2.35. The fraction of sp³-hybridized carbons (Fsp3) is 0.333. The maximum absolute atomic E-state index is 12.7. The molecule has 1 aromatic heterocycles. The summed E-state index contributed by atoms with van der Waals surface area (Å²) in [5.74, 6) is -1.10. The Morgan fingerprint density at radius 1 is 1.19 bits per heavy atom. The Hall–Kier alpha value is -2.87. The van der Waals surface area contributed by atoms with Crippen molar-refractivity contribution in [2.45, 2.75) is 25.2 Å². The van der Waals surface area contributed by atoms with Gasteiger partial charge in [0.05, 0.1) is 11.5 Å². The van der Waals surface area contributed by atoms with Gasteiger partial charge in [0.25, 0.3) is 5.56 Å². The second-order valence-corrected chi connectivity index (χ2v) is 7.08. The molecule has 0 saturated carbocycles. The van der Waals surface area contributed by atoms with Gasteiger partial charge in [-0.15, -0.1) is 0 Å². The van der Waals surface area contributed by atoms with E-state index in [9.17, 15) is 14.4 Å². The van der Waals surface area contributed by atoms with Gasteiger partial charge in [-0.3, -0.25) is 19.4 Å². The summed E-state index contributed by atoms with van der Waals surface area (Å²) in [5, 5.41) is 5.90. The van der Waals surface area contributed by atoms with E-state index in [1.165, 1.54) is 0 Å². The van der Waals surface area contributed by atoms with E-state index in [2.05, 4.69) is 20.6 Å². The molecule has 3 N–H and O–H groups in total. The third-order valence-electron chi connectivity index (χ3n) is 4.77. The number of H-pyrrole nitrogens is 1. The van der Waals surface area contributed by atoms with Crippen molar-refractivity contribution in [1.82, 2.24) is 9.97 Å². The molecule has 0 aliphatic carbocycles. The maximum Gasteiger partial charge on any atom is 0.258 e. The van der Waals surface area contributed by atoms with Gasteiger partial charge in [0.15, 0.2) is 0 Å². The number of hydrogen-bond donors (Lipinski definition) is 3. The number of benzene rings is 1. The first-order chi connectivity index (χ1) is 13.0. The molecular weight excluding hydrogens is 370 g/mol. The van der Waals surface area contributed by atoms with E-state index in [4.69, 9.17) is 11.6 Å². The lowest BCUT2D eigenvalue weighted by molar-refractivity contribution is -0.123. The first-order valence-corrected chi connectivity index (χ1v) is 9.14. The molecule has 1 fully saturated rings. The number of carbonyl (C=O) groups excluding carboxylic acids is 2. The first kappa shape index (κ1) is 17.5. The van der Waals surface area contributed by atoms with Crippen molar-refractivity contribution in [3.8, 4) is 0 Å². The number of hydrogen-bond acceptors (Lipinski definition) is 5. The molecule has 9 heteroatoms. The van der Waals surface area contributed by atoms with Crippen LogP contribution in [0.15, 0.2) is 29.1 Å². The largest absolute Gasteiger partial charge is 0.342 e. The minimum atomic E-state index is -0.909. The SMILES string of the molecule is O=C1C[C@@H](C(=O)Nc2ccc(Cl)cc2)c2c(nc(N3CCCC3)[nH]c2=O)N1. The number of nitrogens with zero attached hydrogens (tertiary/aromatic N) is 2. The van der Waals surface area contributed by atoms with Crippen LogP contribution < -0.4 is 21.1 Å². The van der Waals surface area contributed by atoms with Gasteiger partial charge in [0.2, 0.25) is 17.8 Å². The summed E-state index contributed by atoms with van der Waals surface area (Å²) in [6.07, 6.45) is 1.94. The second-order valence-electron chi connectivity index (χ2n) is 6.65. The molecule has 2 aliphatic heterocycles. The molecular formula is C18H18ClN5O3. The highest BCUT2D eigenvalue weighted by molar-refractivity contribution is 6.30. The molecule has 4 rings (SSSR count). The van der Waals surface area contributed by atoms with E-state index in [0.29, 0.717) is 16.7 Å². The lowest BCUT2D eigenvalue weighted by atomic mass is 9.92. The average molecular weight is 388 g/mol. The quantitative estimate of drug-likeness (QED) is 0.747. The van der Waals surface area contributed by atoms with Crippen molar-refractivity contribution in [1.29, 1.82) is 0 Å². The van der Waals surface area contributed by atoms with Crippen molar-refractivity contribution in [2.75, 3.05) is 28.6 Å². The van der Waals surface area contributed by atoms with Crippen molar-refractivity contribution in [2.24, 2.45) is 0 Å². The molecule has 0 radical (unpaired) electrons. The van der Waals surface area contributed by atoms with Crippen molar-refractivity contribution >= 4 is 40.9 Å². The Morgan fingerprint density at radius 2 is 1.89 bits per heavy atom. The Balaban J connectivity index is 1.65. The van der Waals surface area contributed by atoms with Gasteiger partial charge in [-0.25, -0.2) is 0 Å². The number of nitrogens with one attached hydrogen (secondary N) is 3. The topological polar surface area (TPSA) is 107 Å². The third-order valence-corrected chi connectivity index (χ3v) is 5.02. The summed E-state index contributed by atoms with van der Waals surface area (Å²) >= 11 is 5.85. The van der Waals surface area contributed by atoms with Crippen LogP contribution in [0.3, 0.4) is 0 Å². The molecule has 1 atom stereocenters. The predicted molar refractivity (Wildman–Crippen MR) is 102 cm³/mol. The number of aromatic nitrogens is 2. The minimum absolute atomic E-state index is 0.111. The van der Waals surface area contributed by atoms with Crippen LogP contribution in [0.25, 0.3) is 0 Å². The number of aromatic amines is 1. The normalized spacial score (nSPS) is 18.8. The van der Waals surface area contributed by atoms with Gasteiger partial charge in [0.1, 0.15) is 5.82 Å². The predicted octanol–water partition coefficient (Wildman–Crippen LogP) is 2.09. The van der Waals surface area contributed by atoms with Crippen LogP contribution in [0, 0.1) is 0 Å². The Morgan fingerprint density at radius 3 is 2.59 bits per heavy atom. The molecule has 8 nitrogen and oxygen atoms in total. The minimum Gasteiger partial charge on any atom is -0.342 e. The lowest BCUT2D eigenvalue weighted by Gasteiger charge is -2.25. The zero-order chi connectivity index (χ0) is 19.0. The number of halogens is 1. The molecule has 27 heavy (non-hydrogen) atoms. The molecule has 0 bridgehead atoms. The Kier molecular flexibility index (Phi) is 4.57.